The molecule has 4 saturated heterocycles. The first-order chi connectivity index (χ1) is 21.0. The van der Waals surface area contributed by atoms with Crippen LogP contribution in [0.1, 0.15) is 139 Å². The number of fused-ring (bicyclic) bond motifs is 4. The molecule has 240 valence electrons. The molecule has 0 aromatic carbocycles. The first kappa shape index (κ1) is 30.8. The second-order valence-corrected chi connectivity index (χ2v) is 17.7. The zero-order valence-electron chi connectivity index (χ0n) is 29.0. The van der Waals surface area contributed by atoms with Crippen molar-refractivity contribution in [3.8, 4) is 0 Å². The smallest absolute Gasteiger partial charge is 0.0716 e. The molecule has 6 aliphatic heterocycles. The SMILES string of the molecule is CCC1=C(CC)C2CC3C(CC)[C@H](CC)C4CC5=C(CC)C(CC)C(/C=C6/C(CC)C(CC)C7CC1CCC2P(N67)N34)N5. The van der Waals surface area contributed by atoms with Crippen LogP contribution >= 0.6 is 8.22 Å². The summed E-state index contributed by atoms with van der Waals surface area (Å²) in [6.45, 7) is 20.1. The molecule has 0 aromatic heterocycles. The molecule has 12 unspecified atom stereocenters. The summed E-state index contributed by atoms with van der Waals surface area (Å²) in [5, 5.41) is 4.29. The highest BCUT2D eigenvalue weighted by Gasteiger charge is 2.62. The van der Waals surface area contributed by atoms with Gasteiger partial charge >= 0.3 is 0 Å². The number of allylic oxidation sites excluding steroid dienone is 3. The summed E-state index contributed by atoms with van der Waals surface area (Å²) in [6, 6.07) is 2.72. The third-order valence-electron chi connectivity index (χ3n) is 14.4. The predicted octanol–water partition coefficient (Wildman–Crippen LogP) is 10.4. The van der Waals surface area contributed by atoms with E-state index in [1.54, 1.807) is 11.3 Å². The Hall–Kier alpha value is -0.790. The van der Waals surface area contributed by atoms with E-state index >= 15 is 0 Å². The van der Waals surface area contributed by atoms with Gasteiger partial charge in [-0.05, 0) is 99.0 Å². The quantitative estimate of drug-likeness (QED) is 0.219. The highest BCUT2D eigenvalue weighted by atomic mass is 31.1. The van der Waals surface area contributed by atoms with Crippen LogP contribution in [0, 0.1) is 41.4 Å². The molecular weight excluding hydrogens is 541 g/mol. The molecule has 0 spiro atoms. The van der Waals surface area contributed by atoms with Gasteiger partial charge in [0.1, 0.15) is 0 Å². The van der Waals surface area contributed by atoms with E-state index in [4.69, 9.17) is 0 Å². The van der Waals surface area contributed by atoms with E-state index < -0.39 is 0 Å². The number of hydrogen-bond donors (Lipinski definition) is 1. The number of nitrogens with zero attached hydrogens (tertiary/aromatic N) is 2. The minimum Gasteiger partial charge on any atom is -0.381 e. The zero-order chi connectivity index (χ0) is 30.2. The van der Waals surface area contributed by atoms with Crippen molar-refractivity contribution in [3.63, 3.8) is 0 Å². The van der Waals surface area contributed by atoms with Gasteiger partial charge in [0.2, 0.25) is 0 Å². The summed E-state index contributed by atoms with van der Waals surface area (Å²) < 4.78 is 6.66. The number of hydrogen-bond acceptors (Lipinski definition) is 3. The van der Waals surface area contributed by atoms with Gasteiger partial charge in [0.15, 0.2) is 0 Å². The van der Waals surface area contributed by atoms with Gasteiger partial charge in [0.05, 0.1) is 14.3 Å². The molecule has 6 heterocycles. The van der Waals surface area contributed by atoms with Crippen molar-refractivity contribution in [2.24, 2.45) is 41.4 Å². The van der Waals surface area contributed by atoms with Crippen molar-refractivity contribution < 1.29 is 0 Å². The van der Waals surface area contributed by atoms with Crippen LogP contribution in [0.15, 0.2) is 34.2 Å². The normalized spacial score (nSPS) is 46.5. The molecule has 7 aliphatic rings. The lowest BCUT2D eigenvalue weighted by Gasteiger charge is -2.56. The molecule has 1 aliphatic carbocycles. The van der Waals surface area contributed by atoms with Crippen LogP contribution in [0.5, 0.6) is 0 Å². The van der Waals surface area contributed by atoms with Gasteiger partial charge in [-0.2, -0.15) is 0 Å². The Morgan fingerprint density at radius 2 is 1.37 bits per heavy atom. The minimum absolute atomic E-state index is 0.371. The lowest BCUT2D eigenvalue weighted by atomic mass is 9.76. The number of rotatable bonds is 8. The van der Waals surface area contributed by atoms with Crippen LogP contribution in [0.25, 0.3) is 0 Å². The van der Waals surface area contributed by atoms with Crippen molar-refractivity contribution in [2.75, 3.05) is 0 Å². The summed E-state index contributed by atoms with van der Waals surface area (Å²) in [6.07, 6.45) is 20.4. The van der Waals surface area contributed by atoms with E-state index in [0.717, 1.165) is 53.3 Å². The molecule has 4 fully saturated rings. The maximum atomic E-state index is 4.29. The number of nitrogens with one attached hydrogen (secondary N) is 1. The summed E-state index contributed by atoms with van der Waals surface area (Å²) in [5.74, 6) is 5.55. The first-order valence-electron chi connectivity index (χ1n) is 19.3. The Morgan fingerprint density at radius 1 is 0.698 bits per heavy atom. The third-order valence-corrected chi connectivity index (χ3v) is 17.6. The lowest BCUT2D eigenvalue weighted by Crippen LogP contribution is -2.51. The fourth-order valence-corrected chi connectivity index (χ4v) is 16.9. The topological polar surface area (TPSA) is 18.5 Å². The highest BCUT2D eigenvalue weighted by Crippen LogP contribution is 2.73. The van der Waals surface area contributed by atoms with E-state index in [0.29, 0.717) is 18.0 Å². The summed E-state index contributed by atoms with van der Waals surface area (Å²) in [5.41, 5.74) is 10.0. The highest BCUT2D eigenvalue weighted by molar-refractivity contribution is 7.53. The minimum atomic E-state index is -0.371. The molecule has 0 saturated carbocycles. The molecule has 13 atom stereocenters. The van der Waals surface area contributed by atoms with Gasteiger partial charge in [0.25, 0.3) is 0 Å². The molecule has 4 bridgehead atoms. The largest absolute Gasteiger partial charge is 0.381 e. The van der Waals surface area contributed by atoms with E-state index in [9.17, 15) is 0 Å². The second kappa shape index (κ2) is 12.1. The molecule has 0 amide bonds. The van der Waals surface area contributed by atoms with Crippen LogP contribution in [-0.4, -0.2) is 39.2 Å². The van der Waals surface area contributed by atoms with Crippen LogP contribution in [0.2, 0.25) is 0 Å². The molecule has 0 radical (unpaired) electrons. The van der Waals surface area contributed by atoms with Gasteiger partial charge in [-0.1, -0.05) is 85.8 Å². The molecule has 43 heavy (non-hydrogen) atoms. The van der Waals surface area contributed by atoms with Crippen molar-refractivity contribution in [2.45, 2.75) is 169 Å². The monoisotopic (exact) mass is 605 g/mol. The Balaban J connectivity index is 1.51. The van der Waals surface area contributed by atoms with Crippen LogP contribution < -0.4 is 5.32 Å². The van der Waals surface area contributed by atoms with Crippen molar-refractivity contribution >= 4 is 8.22 Å². The Morgan fingerprint density at radius 3 is 2.00 bits per heavy atom. The maximum Gasteiger partial charge on any atom is 0.0716 e. The molecule has 1 N–H and O–H groups in total. The molecule has 0 aromatic rings. The fraction of sp³-hybridized carbons (Fsp3) is 0.846. The van der Waals surface area contributed by atoms with Gasteiger partial charge in [0, 0.05) is 53.4 Å². The van der Waals surface area contributed by atoms with Crippen molar-refractivity contribution in [1.29, 1.82) is 0 Å². The van der Waals surface area contributed by atoms with Gasteiger partial charge in [-0.15, -0.1) is 0 Å². The molecule has 7 rings (SSSR count). The third kappa shape index (κ3) is 4.38. The molecular formula is C39H64N3P. The first-order valence-corrected chi connectivity index (χ1v) is 20.6. The second-order valence-electron chi connectivity index (χ2n) is 15.5. The molecule has 3 nitrogen and oxygen atoms in total. The van der Waals surface area contributed by atoms with Gasteiger partial charge in [-0.3, -0.25) is 4.67 Å². The van der Waals surface area contributed by atoms with Crippen molar-refractivity contribution in [3.05, 3.63) is 34.2 Å². The summed E-state index contributed by atoms with van der Waals surface area (Å²) in [7, 11) is -0.371. The van der Waals surface area contributed by atoms with Gasteiger partial charge < -0.3 is 9.99 Å². The standard InChI is InChI=1S/C39H64N3P/c1-9-24-23-17-18-39-32(25(24)10-2)20-36-29(14-6)31(16-8)38-22-34-27(12-4)26(11-3)33(40-34)21-37-30(15-7)28(13-5)35(19-23)41(37)43(39)42(36)38/h21,23,26,28-33,35-36,38-40H,9-20,22H2,1-8H3/b37-21-/t23?,26?,28?,29?,30?,31-,32?,33?,35?,36?,38?,39?,43?/m0/s1. The van der Waals surface area contributed by atoms with E-state index in [1.165, 1.54) is 83.5 Å². The average Bonchev–Trinajstić information content (AvgIpc) is 3.57. The fourth-order valence-electron chi connectivity index (χ4n) is 12.9. The lowest BCUT2D eigenvalue weighted by molar-refractivity contribution is 0.198. The van der Waals surface area contributed by atoms with E-state index in [1.807, 2.05) is 16.8 Å². The van der Waals surface area contributed by atoms with E-state index in [2.05, 4.69) is 76.1 Å². The summed E-state index contributed by atoms with van der Waals surface area (Å²) >= 11 is 0. The average molecular weight is 606 g/mol. The van der Waals surface area contributed by atoms with Gasteiger partial charge in [-0.25, -0.2) is 0 Å². The predicted molar refractivity (Wildman–Crippen MR) is 185 cm³/mol. The van der Waals surface area contributed by atoms with Crippen LogP contribution in [-0.2, 0) is 0 Å². The maximum absolute atomic E-state index is 4.29. The Kier molecular flexibility index (Phi) is 8.68. The Labute approximate surface area is 266 Å². The Bertz CT molecular complexity index is 1150. The van der Waals surface area contributed by atoms with Crippen LogP contribution in [0.4, 0.5) is 0 Å². The van der Waals surface area contributed by atoms with Crippen molar-refractivity contribution in [1.82, 2.24) is 14.7 Å². The van der Waals surface area contributed by atoms with E-state index in [-0.39, 0.29) is 8.22 Å². The molecule has 4 heteroatoms. The van der Waals surface area contributed by atoms with Crippen LogP contribution in [0.3, 0.4) is 0 Å². The zero-order valence-corrected chi connectivity index (χ0v) is 29.9. The summed E-state index contributed by atoms with van der Waals surface area (Å²) in [4.78, 5) is 0.